The van der Waals surface area contributed by atoms with Crippen molar-refractivity contribution in [3.8, 4) is 0 Å². The molecule has 14 heavy (non-hydrogen) atoms. The molecule has 0 aliphatic heterocycles. The molecule has 1 saturated carbocycles. The molecule has 2 heteroatoms. The zero-order valence-corrected chi connectivity index (χ0v) is 9.65. The number of hydrogen-bond acceptors (Lipinski definition) is 2. The predicted octanol–water partition coefficient (Wildman–Crippen LogP) is 3.64. The van der Waals surface area contributed by atoms with Gasteiger partial charge in [-0.2, -0.15) is 0 Å². The highest BCUT2D eigenvalue weighted by atomic mass is 32.1. The van der Waals surface area contributed by atoms with Crippen molar-refractivity contribution in [2.45, 2.75) is 45.1 Å². The minimum atomic E-state index is 0.300. The Kier molecular flexibility index (Phi) is 3.24. The number of nitrogens with two attached hydrogens (primary N) is 1. The van der Waals surface area contributed by atoms with Crippen LogP contribution in [0.25, 0.3) is 0 Å². The number of rotatable bonds is 2. The van der Waals surface area contributed by atoms with E-state index in [-0.39, 0.29) is 0 Å². The predicted molar refractivity (Wildman–Crippen MR) is 62.6 cm³/mol. The fraction of sp³-hybridized carbons (Fsp3) is 0.667. The van der Waals surface area contributed by atoms with Crippen molar-refractivity contribution in [1.29, 1.82) is 0 Å². The van der Waals surface area contributed by atoms with E-state index >= 15 is 0 Å². The molecule has 0 bridgehead atoms. The number of thiophene rings is 1. The third kappa shape index (κ3) is 2.18. The third-order valence-electron chi connectivity index (χ3n) is 3.24. The van der Waals surface area contributed by atoms with E-state index in [2.05, 4.69) is 18.4 Å². The molecule has 2 N–H and O–H groups in total. The van der Waals surface area contributed by atoms with Gasteiger partial charge >= 0.3 is 0 Å². The summed E-state index contributed by atoms with van der Waals surface area (Å²) in [4.78, 5) is 1.38. The first kappa shape index (κ1) is 10.2. The fourth-order valence-electron chi connectivity index (χ4n) is 2.35. The minimum Gasteiger partial charge on any atom is -0.323 e. The molecule has 2 rings (SSSR count). The van der Waals surface area contributed by atoms with Gasteiger partial charge in [0.05, 0.1) is 0 Å². The monoisotopic (exact) mass is 209 g/mol. The second-order valence-electron chi connectivity index (χ2n) is 4.45. The van der Waals surface area contributed by atoms with E-state index < -0.39 is 0 Å². The van der Waals surface area contributed by atoms with Crippen LogP contribution in [0.2, 0.25) is 0 Å². The van der Waals surface area contributed by atoms with Gasteiger partial charge in [0.25, 0.3) is 0 Å². The average Bonchev–Trinajstić information content (AvgIpc) is 2.65. The summed E-state index contributed by atoms with van der Waals surface area (Å²) >= 11 is 1.83. The molecule has 0 radical (unpaired) electrons. The molecular weight excluding hydrogens is 190 g/mol. The van der Waals surface area contributed by atoms with Gasteiger partial charge in [-0.1, -0.05) is 19.3 Å². The molecule has 78 valence electrons. The summed E-state index contributed by atoms with van der Waals surface area (Å²) in [6.07, 6.45) is 6.83. The summed E-state index contributed by atoms with van der Waals surface area (Å²) in [5.74, 6) is 0.738. The van der Waals surface area contributed by atoms with Crippen LogP contribution in [0.5, 0.6) is 0 Å². The Labute approximate surface area is 90.3 Å². The Morgan fingerprint density at radius 1 is 1.36 bits per heavy atom. The first-order valence-corrected chi connectivity index (χ1v) is 6.46. The Hall–Kier alpha value is -0.340. The van der Waals surface area contributed by atoms with Gasteiger partial charge in [0.15, 0.2) is 0 Å². The van der Waals surface area contributed by atoms with Gasteiger partial charge < -0.3 is 5.73 Å². The molecule has 0 amide bonds. The maximum atomic E-state index is 6.29. The van der Waals surface area contributed by atoms with E-state index in [1.807, 2.05) is 11.3 Å². The topological polar surface area (TPSA) is 26.0 Å². The van der Waals surface area contributed by atoms with Gasteiger partial charge in [0.2, 0.25) is 0 Å². The highest BCUT2D eigenvalue weighted by Crippen LogP contribution is 2.34. The first-order chi connectivity index (χ1) is 6.77. The van der Waals surface area contributed by atoms with Crippen LogP contribution < -0.4 is 5.73 Å². The molecule has 1 aromatic rings. The third-order valence-corrected chi connectivity index (χ3v) is 4.39. The van der Waals surface area contributed by atoms with Crippen LogP contribution >= 0.6 is 11.3 Å². The lowest BCUT2D eigenvalue weighted by molar-refractivity contribution is 0.310. The molecule has 1 heterocycles. The Morgan fingerprint density at radius 3 is 2.64 bits per heavy atom. The van der Waals surface area contributed by atoms with Crippen LogP contribution in [0.15, 0.2) is 11.4 Å². The standard InChI is InChI=1S/C12H19NS/c1-9-7-11(14-8-9)12(13)10-5-3-2-4-6-10/h7-8,10,12H,2-6,13H2,1H3/t12-/m0/s1. The lowest BCUT2D eigenvalue weighted by Gasteiger charge is -2.26. The summed E-state index contributed by atoms with van der Waals surface area (Å²) in [5.41, 5.74) is 7.65. The summed E-state index contributed by atoms with van der Waals surface area (Å²) in [7, 11) is 0. The molecule has 1 nitrogen and oxygen atoms in total. The highest BCUT2D eigenvalue weighted by molar-refractivity contribution is 7.10. The lowest BCUT2D eigenvalue weighted by atomic mass is 9.84. The highest BCUT2D eigenvalue weighted by Gasteiger charge is 2.22. The van der Waals surface area contributed by atoms with Crippen LogP contribution in [-0.4, -0.2) is 0 Å². The maximum Gasteiger partial charge on any atom is 0.0418 e. The van der Waals surface area contributed by atoms with Gasteiger partial charge in [-0.25, -0.2) is 0 Å². The number of hydrogen-bond donors (Lipinski definition) is 1. The lowest BCUT2D eigenvalue weighted by Crippen LogP contribution is -2.22. The van der Waals surface area contributed by atoms with E-state index in [0.29, 0.717) is 6.04 Å². The van der Waals surface area contributed by atoms with Gasteiger partial charge in [-0.05, 0) is 42.7 Å². The SMILES string of the molecule is Cc1csc([C@@H](N)C2CCCCC2)c1. The molecule has 1 aliphatic rings. The van der Waals surface area contributed by atoms with Gasteiger partial charge in [-0.15, -0.1) is 11.3 Å². The van der Waals surface area contributed by atoms with Gasteiger partial charge in [0.1, 0.15) is 0 Å². The van der Waals surface area contributed by atoms with Crippen molar-refractivity contribution >= 4 is 11.3 Å². The number of aryl methyl sites for hydroxylation is 1. The Bertz CT molecular complexity index is 286. The average molecular weight is 209 g/mol. The molecule has 0 saturated heterocycles. The Balaban J connectivity index is 2.03. The van der Waals surface area contributed by atoms with Gasteiger partial charge in [-0.3, -0.25) is 0 Å². The molecular formula is C12H19NS. The molecule has 1 fully saturated rings. The van der Waals surface area contributed by atoms with E-state index in [4.69, 9.17) is 5.73 Å². The van der Waals surface area contributed by atoms with Crippen molar-refractivity contribution in [1.82, 2.24) is 0 Å². The minimum absolute atomic E-state index is 0.300. The second-order valence-corrected chi connectivity index (χ2v) is 5.39. The van der Waals surface area contributed by atoms with Gasteiger partial charge in [0, 0.05) is 10.9 Å². The van der Waals surface area contributed by atoms with Crippen LogP contribution in [-0.2, 0) is 0 Å². The van der Waals surface area contributed by atoms with E-state index in [0.717, 1.165) is 5.92 Å². The molecule has 1 aromatic heterocycles. The van der Waals surface area contributed by atoms with E-state index in [9.17, 15) is 0 Å². The normalized spacial score (nSPS) is 21.0. The largest absolute Gasteiger partial charge is 0.323 e. The van der Waals surface area contributed by atoms with Crippen molar-refractivity contribution in [3.05, 3.63) is 21.9 Å². The maximum absolute atomic E-state index is 6.29. The van der Waals surface area contributed by atoms with E-state index in [1.165, 1.54) is 42.5 Å². The van der Waals surface area contributed by atoms with Crippen LogP contribution in [0.4, 0.5) is 0 Å². The Morgan fingerprint density at radius 2 is 2.07 bits per heavy atom. The molecule has 0 unspecified atom stereocenters. The van der Waals surface area contributed by atoms with Crippen LogP contribution in [0.3, 0.4) is 0 Å². The molecule has 0 aromatic carbocycles. The van der Waals surface area contributed by atoms with Crippen LogP contribution in [0.1, 0.15) is 48.6 Å². The summed E-state index contributed by atoms with van der Waals surface area (Å²) in [6.45, 7) is 2.15. The summed E-state index contributed by atoms with van der Waals surface area (Å²) in [5, 5.41) is 2.21. The quantitative estimate of drug-likeness (QED) is 0.790. The molecule has 0 spiro atoms. The summed E-state index contributed by atoms with van der Waals surface area (Å²) < 4.78 is 0. The smallest absolute Gasteiger partial charge is 0.0418 e. The van der Waals surface area contributed by atoms with Crippen molar-refractivity contribution < 1.29 is 0 Å². The molecule has 1 atom stereocenters. The van der Waals surface area contributed by atoms with Crippen molar-refractivity contribution in [2.24, 2.45) is 11.7 Å². The zero-order chi connectivity index (χ0) is 9.97. The summed E-state index contributed by atoms with van der Waals surface area (Å²) in [6, 6.07) is 2.55. The molecule has 1 aliphatic carbocycles. The zero-order valence-electron chi connectivity index (χ0n) is 8.83. The van der Waals surface area contributed by atoms with Crippen molar-refractivity contribution in [2.75, 3.05) is 0 Å². The van der Waals surface area contributed by atoms with E-state index in [1.54, 1.807) is 0 Å². The van der Waals surface area contributed by atoms with Crippen LogP contribution in [0, 0.1) is 12.8 Å². The first-order valence-electron chi connectivity index (χ1n) is 5.58. The fourth-order valence-corrected chi connectivity index (χ4v) is 3.35. The van der Waals surface area contributed by atoms with Crippen molar-refractivity contribution in [3.63, 3.8) is 0 Å². The second kappa shape index (κ2) is 4.45.